The Hall–Kier alpha value is 0. The molecule has 0 amide bonds. The molecule has 0 aliphatic heterocycles. The van der Waals surface area contributed by atoms with Gasteiger partial charge in [-0.3, -0.25) is 0 Å². The Bertz CT molecular complexity index is 334. The van der Waals surface area contributed by atoms with Crippen LogP contribution in [0, 0.1) is 53.3 Å². The van der Waals surface area contributed by atoms with Crippen molar-refractivity contribution in [3.8, 4) is 0 Å². The summed E-state index contributed by atoms with van der Waals surface area (Å²) in [4.78, 5) is 0. The van der Waals surface area contributed by atoms with E-state index < -0.39 is 0 Å². The largest absolute Gasteiger partial charge is 0.0619 e. The first-order valence-corrected chi connectivity index (χ1v) is 8.34. The SMILES string of the molecule is CC1C(C2CCCC2)C2CC([C@@H]3CC4CC43)C12. The maximum absolute atomic E-state index is 2.61. The van der Waals surface area contributed by atoms with E-state index in [1.807, 2.05) is 0 Å². The van der Waals surface area contributed by atoms with Gasteiger partial charge in [-0.05, 0) is 72.5 Å². The lowest BCUT2D eigenvalue weighted by molar-refractivity contribution is -0.193. The molecule has 0 radical (unpaired) electrons. The van der Waals surface area contributed by atoms with Crippen LogP contribution in [0.3, 0.4) is 0 Å². The second-order valence-electron chi connectivity index (χ2n) is 8.18. The van der Waals surface area contributed by atoms with Crippen molar-refractivity contribution in [1.82, 2.24) is 0 Å². The van der Waals surface area contributed by atoms with E-state index in [1.54, 1.807) is 44.9 Å². The molecule has 0 saturated heterocycles. The zero-order valence-electron chi connectivity index (χ0n) is 11.1. The molecule has 0 heterocycles. The van der Waals surface area contributed by atoms with Crippen molar-refractivity contribution in [3.63, 3.8) is 0 Å². The lowest BCUT2D eigenvalue weighted by Gasteiger charge is -2.67. The molecule has 5 fully saturated rings. The summed E-state index contributed by atoms with van der Waals surface area (Å²) >= 11 is 0. The summed E-state index contributed by atoms with van der Waals surface area (Å²) < 4.78 is 0. The summed E-state index contributed by atoms with van der Waals surface area (Å²) in [7, 11) is 0. The Morgan fingerprint density at radius 1 is 0.647 bits per heavy atom. The quantitative estimate of drug-likeness (QED) is 0.661. The molecule has 0 nitrogen and oxygen atoms in total. The Kier molecular flexibility index (Phi) is 1.81. The van der Waals surface area contributed by atoms with E-state index in [1.165, 1.54) is 41.4 Å². The fourth-order valence-electron chi connectivity index (χ4n) is 6.91. The molecular weight excluding hydrogens is 204 g/mol. The van der Waals surface area contributed by atoms with Gasteiger partial charge in [0, 0.05) is 0 Å². The molecule has 0 aromatic carbocycles. The molecule has 5 aliphatic carbocycles. The Balaban J connectivity index is 1.27. The maximum Gasteiger partial charge on any atom is -0.0323 e. The van der Waals surface area contributed by atoms with Crippen molar-refractivity contribution in [2.75, 3.05) is 0 Å². The normalized spacial score (nSPS) is 64.1. The van der Waals surface area contributed by atoms with Crippen molar-refractivity contribution in [1.29, 1.82) is 0 Å². The van der Waals surface area contributed by atoms with E-state index in [0.29, 0.717) is 0 Å². The van der Waals surface area contributed by atoms with Gasteiger partial charge in [0.2, 0.25) is 0 Å². The predicted molar refractivity (Wildman–Crippen MR) is 69.4 cm³/mol. The van der Waals surface area contributed by atoms with E-state index in [-0.39, 0.29) is 0 Å². The molecular formula is C17H26. The van der Waals surface area contributed by atoms with Gasteiger partial charge in [0.05, 0.1) is 0 Å². The van der Waals surface area contributed by atoms with Gasteiger partial charge < -0.3 is 0 Å². The smallest absolute Gasteiger partial charge is 0.0323 e. The van der Waals surface area contributed by atoms with Crippen LogP contribution in [0.25, 0.3) is 0 Å². The standard InChI is InChI=1S/C17H26/c1-9-16(10-4-2-3-5-10)15-8-14(17(9)15)13-7-11-6-12(11)13/h9-17H,2-8H2,1H3/t9?,11?,12?,13-,14?,15?,16?,17?/m1/s1. The molecule has 0 aromatic heterocycles. The highest BCUT2D eigenvalue weighted by molar-refractivity contribution is 5.15. The molecule has 0 bridgehead atoms. The van der Waals surface area contributed by atoms with Crippen LogP contribution in [-0.2, 0) is 0 Å². The van der Waals surface area contributed by atoms with Crippen molar-refractivity contribution in [3.05, 3.63) is 0 Å². The third-order valence-corrected chi connectivity index (χ3v) is 7.84. The minimum absolute atomic E-state index is 1.11. The van der Waals surface area contributed by atoms with Gasteiger partial charge in [-0.1, -0.05) is 32.6 Å². The summed E-state index contributed by atoms with van der Waals surface area (Å²) in [5.41, 5.74) is 0. The molecule has 7 unspecified atom stereocenters. The Morgan fingerprint density at radius 3 is 2.00 bits per heavy atom. The van der Waals surface area contributed by atoms with Crippen molar-refractivity contribution < 1.29 is 0 Å². The van der Waals surface area contributed by atoms with E-state index in [0.717, 1.165) is 11.8 Å². The van der Waals surface area contributed by atoms with E-state index >= 15 is 0 Å². The average Bonchev–Trinajstić information content (AvgIpc) is 2.72. The number of hydrogen-bond acceptors (Lipinski definition) is 0. The summed E-state index contributed by atoms with van der Waals surface area (Å²) in [6.07, 6.45) is 11.2. The van der Waals surface area contributed by atoms with Crippen LogP contribution in [0.4, 0.5) is 0 Å². The van der Waals surface area contributed by atoms with Crippen LogP contribution in [0.15, 0.2) is 0 Å². The lowest BCUT2D eigenvalue weighted by atomic mass is 9.38. The van der Waals surface area contributed by atoms with E-state index in [4.69, 9.17) is 0 Å². The van der Waals surface area contributed by atoms with E-state index in [2.05, 4.69) is 6.92 Å². The van der Waals surface area contributed by atoms with Gasteiger partial charge in [-0.25, -0.2) is 0 Å². The zero-order chi connectivity index (χ0) is 11.1. The highest BCUT2D eigenvalue weighted by Gasteiger charge is 2.66. The molecule has 0 spiro atoms. The fourth-order valence-corrected chi connectivity index (χ4v) is 6.91. The highest BCUT2D eigenvalue weighted by atomic mass is 14.7. The van der Waals surface area contributed by atoms with Gasteiger partial charge >= 0.3 is 0 Å². The van der Waals surface area contributed by atoms with Crippen molar-refractivity contribution in [2.24, 2.45) is 53.3 Å². The molecule has 0 aromatic rings. The second-order valence-corrected chi connectivity index (χ2v) is 8.18. The molecule has 0 N–H and O–H groups in total. The summed E-state index contributed by atoms with van der Waals surface area (Å²) in [5.74, 6) is 10.7. The van der Waals surface area contributed by atoms with Crippen molar-refractivity contribution in [2.45, 2.75) is 51.9 Å². The van der Waals surface area contributed by atoms with Crippen LogP contribution < -0.4 is 0 Å². The van der Waals surface area contributed by atoms with E-state index in [9.17, 15) is 0 Å². The topological polar surface area (TPSA) is 0 Å². The first kappa shape index (κ1) is 9.87. The maximum atomic E-state index is 2.61. The number of fused-ring (bicyclic) bond motifs is 2. The third kappa shape index (κ3) is 1.12. The van der Waals surface area contributed by atoms with Gasteiger partial charge in [0.25, 0.3) is 0 Å². The number of hydrogen-bond donors (Lipinski definition) is 0. The first-order valence-electron chi connectivity index (χ1n) is 8.34. The summed E-state index contributed by atoms with van der Waals surface area (Å²) in [6, 6.07) is 0. The van der Waals surface area contributed by atoms with Crippen LogP contribution in [0.5, 0.6) is 0 Å². The first-order chi connectivity index (χ1) is 8.34. The molecule has 5 aliphatic rings. The predicted octanol–water partition coefficient (Wildman–Crippen LogP) is 4.35. The zero-order valence-corrected chi connectivity index (χ0v) is 11.1. The fraction of sp³-hybridized carbons (Fsp3) is 1.00. The highest BCUT2D eigenvalue weighted by Crippen LogP contribution is 2.73. The van der Waals surface area contributed by atoms with Crippen LogP contribution >= 0.6 is 0 Å². The van der Waals surface area contributed by atoms with Gasteiger partial charge in [0.15, 0.2) is 0 Å². The Morgan fingerprint density at radius 2 is 1.41 bits per heavy atom. The van der Waals surface area contributed by atoms with Gasteiger partial charge in [-0.15, -0.1) is 0 Å². The van der Waals surface area contributed by atoms with Gasteiger partial charge in [-0.2, -0.15) is 0 Å². The third-order valence-electron chi connectivity index (χ3n) is 7.84. The Labute approximate surface area is 106 Å². The van der Waals surface area contributed by atoms with Gasteiger partial charge in [0.1, 0.15) is 0 Å². The molecule has 5 rings (SSSR count). The minimum Gasteiger partial charge on any atom is -0.0619 e. The summed E-state index contributed by atoms with van der Waals surface area (Å²) in [5, 5.41) is 0. The second kappa shape index (κ2) is 3.11. The monoisotopic (exact) mass is 230 g/mol. The average molecular weight is 230 g/mol. The van der Waals surface area contributed by atoms with Crippen LogP contribution in [-0.4, -0.2) is 0 Å². The lowest BCUT2D eigenvalue weighted by Crippen LogP contribution is -2.62. The molecule has 5 saturated carbocycles. The molecule has 0 heteroatoms. The summed E-state index contributed by atoms with van der Waals surface area (Å²) in [6.45, 7) is 2.61. The molecule has 94 valence electrons. The minimum atomic E-state index is 1.11. The number of rotatable bonds is 2. The van der Waals surface area contributed by atoms with Crippen LogP contribution in [0.2, 0.25) is 0 Å². The molecule has 17 heavy (non-hydrogen) atoms. The van der Waals surface area contributed by atoms with Crippen LogP contribution in [0.1, 0.15) is 51.9 Å². The van der Waals surface area contributed by atoms with Crippen molar-refractivity contribution >= 4 is 0 Å². The molecule has 8 atom stereocenters.